The molecule has 1 heterocycles. The zero-order valence-corrected chi connectivity index (χ0v) is 26.0. The third-order valence-corrected chi connectivity index (χ3v) is 8.24. The molecule has 0 N–H and O–H groups in total. The van der Waals surface area contributed by atoms with Gasteiger partial charge in [-0.15, -0.1) is 0 Å². The SMILES string of the molecule is COC(=O)CCCc1ccc(Cc2cc([C@@H]3O[C@H](S(C)(=O)=O)[C@@H](OC(C)=O)[C@H](OC(C)=O)[C@H]3OC(C)=O)ccc2C)cc1. The van der Waals surface area contributed by atoms with Crippen LogP contribution in [0.1, 0.15) is 67.5 Å². The van der Waals surface area contributed by atoms with Crippen molar-refractivity contribution in [2.75, 3.05) is 13.4 Å². The Morgan fingerprint density at radius 1 is 0.814 bits per heavy atom. The van der Waals surface area contributed by atoms with E-state index < -0.39 is 57.6 Å². The van der Waals surface area contributed by atoms with Crippen LogP contribution in [-0.2, 0) is 65.5 Å². The first-order valence-corrected chi connectivity index (χ1v) is 15.7. The number of hydrogen-bond donors (Lipinski definition) is 0. The van der Waals surface area contributed by atoms with Gasteiger partial charge in [-0.2, -0.15) is 0 Å². The fourth-order valence-electron chi connectivity index (χ4n) is 5.03. The minimum Gasteiger partial charge on any atom is -0.469 e. The quantitative estimate of drug-likeness (QED) is 0.270. The van der Waals surface area contributed by atoms with Crippen LogP contribution < -0.4 is 0 Å². The molecule has 3 rings (SSSR count). The van der Waals surface area contributed by atoms with Crippen molar-refractivity contribution in [3.63, 3.8) is 0 Å². The third kappa shape index (κ3) is 9.36. The summed E-state index contributed by atoms with van der Waals surface area (Å²) in [6.07, 6.45) is -2.30. The molecule has 0 aliphatic carbocycles. The summed E-state index contributed by atoms with van der Waals surface area (Å²) in [6.45, 7) is 5.29. The van der Waals surface area contributed by atoms with E-state index in [-0.39, 0.29) is 5.97 Å². The highest BCUT2D eigenvalue weighted by Gasteiger charge is 2.55. The molecule has 1 aliphatic heterocycles. The number of ether oxygens (including phenoxy) is 5. The Labute approximate surface area is 251 Å². The van der Waals surface area contributed by atoms with E-state index in [0.717, 1.165) is 55.7 Å². The molecule has 0 aromatic heterocycles. The lowest BCUT2D eigenvalue weighted by Crippen LogP contribution is -2.60. The standard InChI is InChI=1S/C31H38O11S/c1-18-10-15-24(17-25(18)16-23-13-11-22(12-14-23)8-7-9-26(35)38-5)27-28(39-19(2)32)29(40-20(3)33)30(41-21(4)34)31(42-27)43(6,36)37/h10-15,17,27-31H,7-9,16H2,1-6H3/t27-,28-,29+,30-,31+/m0/s1. The molecule has 1 fully saturated rings. The third-order valence-electron chi connectivity index (χ3n) is 7.02. The Kier molecular flexibility index (Phi) is 11.5. The van der Waals surface area contributed by atoms with Crippen LogP contribution in [0.15, 0.2) is 42.5 Å². The monoisotopic (exact) mass is 618 g/mol. The van der Waals surface area contributed by atoms with Crippen molar-refractivity contribution in [3.8, 4) is 0 Å². The lowest BCUT2D eigenvalue weighted by molar-refractivity contribution is -0.234. The van der Waals surface area contributed by atoms with E-state index in [0.29, 0.717) is 24.8 Å². The molecule has 11 nitrogen and oxygen atoms in total. The summed E-state index contributed by atoms with van der Waals surface area (Å²) in [7, 11) is -2.66. The van der Waals surface area contributed by atoms with Gasteiger partial charge in [-0.3, -0.25) is 19.2 Å². The summed E-state index contributed by atoms with van der Waals surface area (Å²) >= 11 is 0. The number of sulfone groups is 1. The number of aryl methyl sites for hydroxylation is 2. The molecule has 5 atom stereocenters. The van der Waals surface area contributed by atoms with Gasteiger partial charge in [-0.1, -0.05) is 42.5 Å². The molecule has 1 aliphatic rings. The van der Waals surface area contributed by atoms with Crippen LogP contribution in [0.25, 0.3) is 0 Å². The van der Waals surface area contributed by atoms with Gasteiger partial charge in [0.1, 0.15) is 6.10 Å². The van der Waals surface area contributed by atoms with Gasteiger partial charge in [0.15, 0.2) is 33.6 Å². The van der Waals surface area contributed by atoms with Crippen molar-refractivity contribution in [1.82, 2.24) is 0 Å². The second kappa shape index (κ2) is 14.6. The van der Waals surface area contributed by atoms with Gasteiger partial charge in [0.05, 0.1) is 7.11 Å². The topological polar surface area (TPSA) is 149 Å². The van der Waals surface area contributed by atoms with Crippen molar-refractivity contribution in [2.24, 2.45) is 0 Å². The maximum absolute atomic E-state index is 12.8. The average molecular weight is 619 g/mol. The van der Waals surface area contributed by atoms with E-state index in [9.17, 15) is 27.6 Å². The molecule has 234 valence electrons. The molecular formula is C31H38O11S. The molecule has 0 bridgehead atoms. The smallest absolute Gasteiger partial charge is 0.305 e. The first-order chi connectivity index (χ1) is 20.2. The molecule has 12 heteroatoms. The van der Waals surface area contributed by atoms with E-state index in [4.69, 9.17) is 18.9 Å². The highest BCUT2D eigenvalue weighted by molar-refractivity contribution is 7.91. The normalized spacial score (nSPS) is 21.9. The zero-order chi connectivity index (χ0) is 31.9. The molecule has 1 saturated heterocycles. The van der Waals surface area contributed by atoms with Gasteiger partial charge in [0, 0.05) is 33.4 Å². The van der Waals surface area contributed by atoms with Gasteiger partial charge in [0.25, 0.3) is 0 Å². The number of hydrogen-bond acceptors (Lipinski definition) is 11. The summed E-state index contributed by atoms with van der Waals surface area (Å²) < 4.78 is 52.6. The van der Waals surface area contributed by atoms with Crippen LogP contribution in [0, 0.1) is 6.92 Å². The number of carbonyl (C=O) groups excluding carboxylic acids is 4. The summed E-state index contributed by atoms with van der Waals surface area (Å²) in [5, 5.41) is 0. The van der Waals surface area contributed by atoms with E-state index >= 15 is 0 Å². The number of rotatable bonds is 11. The minimum atomic E-state index is -4.02. The van der Waals surface area contributed by atoms with Crippen molar-refractivity contribution >= 4 is 33.7 Å². The molecule has 0 amide bonds. The molecule has 2 aromatic carbocycles. The second-order valence-electron chi connectivity index (χ2n) is 10.6. The molecule has 0 saturated carbocycles. The number of benzene rings is 2. The van der Waals surface area contributed by atoms with Crippen LogP contribution in [0.4, 0.5) is 0 Å². The maximum Gasteiger partial charge on any atom is 0.305 e. The number of methoxy groups -OCH3 is 1. The molecule has 2 aromatic rings. The average Bonchev–Trinajstić information content (AvgIpc) is 2.91. The van der Waals surface area contributed by atoms with Crippen LogP contribution in [0.3, 0.4) is 0 Å². The summed E-state index contributed by atoms with van der Waals surface area (Å²) in [5.74, 6) is -2.58. The zero-order valence-electron chi connectivity index (χ0n) is 25.2. The first-order valence-electron chi connectivity index (χ1n) is 13.8. The Hall–Kier alpha value is -3.77. The van der Waals surface area contributed by atoms with Crippen LogP contribution in [0.5, 0.6) is 0 Å². The second-order valence-corrected chi connectivity index (χ2v) is 12.7. The molecule has 0 radical (unpaired) electrons. The highest BCUT2D eigenvalue weighted by atomic mass is 32.2. The van der Waals surface area contributed by atoms with Gasteiger partial charge < -0.3 is 23.7 Å². The Morgan fingerprint density at radius 2 is 1.37 bits per heavy atom. The minimum absolute atomic E-state index is 0.242. The molecular weight excluding hydrogens is 580 g/mol. The van der Waals surface area contributed by atoms with Gasteiger partial charge in [-0.05, 0) is 54.0 Å². The van der Waals surface area contributed by atoms with E-state index in [2.05, 4.69) is 4.74 Å². The van der Waals surface area contributed by atoms with E-state index in [1.165, 1.54) is 7.11 Å². The van der Waals surface area contributed by atoms with Gasteiger partial charge in [0.2, 0.25) is 0 Å². The summed E-state index contributed by atoms with van der Waals surface area (Å²) in [5.41, 5.74) is 2.75. The fraction of sp³-hybridized carbons (Fsp3) is 0.484. The number of carbonyl (C=O) groups is 4. The van der Waals surface area contributed by atoms with Crippen LogP contribution >= 0.6 is 0 Å². The van der Waals surface area contributed by atoms with Crippen molar-refractivity contribution in [3.05, 3.63) is 70.3 Å². The van der Waals surface area contributed by atoms with E-state index in [1.807, 2.05) is 43.3 Å². The van der Waals surface area contributed by atoms with Crippen molar-refractivity contribution in [1.29, 1.82) is 0 Å². The van der Waals surface area contributed by atoms with Crippen LogP contribution in [-0.4, -0.2) is 69.4 Å². The summed E-state index contributed by atoms with van der Waals surface area (Å²) in [4.78, 5) is 47.5. The molecule has 43 heavy (non-hydrogen) atoms. The predicted molar refractivity (Wildman–Crippen MR) is 155 cm³/mol. The Balaban J connectivity index is 1.96. The Morgan fingerprint density at radius 3 is 1.93 bits per heavy atom. The first kappa shape index (κ1) is 33.7. The van der Waals surface area contributed by atoms with Gasteiger partial charge in [-0.25, -0.2) is 8.42 Å². The lowest BCUT2D eigenvalue weighted by atomic mass is 9.90. The van der Waals surface area contributed by atoms with Crippen molar-refractivity contribution < 1.29 is 51.3 Å². The predicted octanol–water partition coefficient (Wildman–Crippen LogP) is 3.32. The fourth-order valence-corrected chi connectivity index (χ4v) is 6.05. The maximum atomic E-state index is 12.8. The van der Waals surface area contributed by atoms with Crippen molar-refractivity contribution in [2.45, 2.75) is 83.2 Å². The van der Waals surface area contributed by atoms with Crippen LogP contribution in [0.2, 0.25) is 0 Å². The highest BCUT2D eigenvalue weighted by Crippen LogP contribution is 2.39. The largest absolute Gasteiger partial charge is 0.469 e. The molecule has 0 unspecified atom stereocenters. The molecule has 0 spiro atoms. The summed E-state index contributed by atoms with van der Waals surface area (Å²) in [6, 6.07) is 13.4. The van der Waals surface area contributed by atoms with Gasteiger partial charge >= 0.3 is 23.9 Å². The Bertz CT molecular complexity index is 1430. The number of esters is 4. The van der Waals surface area contributed by atoms with E-state index in [1.54, 1.807) is 6.07 Å². The lowest BCUT2D eigenvalue weighted by Gasteiger charge is -2.44.